The zero-order chi connectivity index (χ0) is 38.6. The number of hydrogen-bond acceptors (Lipinski definition) is 1. The van der Waals surface area contributed by atoms with Crippen LogP contribution >= 0.6 is 7.14 Å². The van der Waals surface area contributed by atoms with E-state index >= 15 is 4.57 Å². The van der Waals surface area contributed by atoms with Gasteiger partial charge in [-0.05, 0) is 70.8 Å². The van der Waals surface area contributed by atoms with Crippen molar-refractivity contribution < 1.29 is 4.57 Å². The molecule has 0 saturated heterocycles. The van der Waals surface area contributed by atoms with Crippen molar-refractivity contribution in [1.29, 1.82) is 0 Å². The van der Waals surface area contributed by atoms with Gasteiger partial charge in [0.05, 0.1) is 22.1 Å². The second-order valence-electron chi connectivity index (χ2n) is 14.9. The standard InChI is InChI=1S/C54H37N2OP/c57-58(44-16-6-2-7-17-44,45-18-8-3-9-19-45)46-32-26-39(27-33-46)41-29-35-50-48-21-11-13-23-52(48)56(54(50)37-41)43-30-24-38(25-31-43)40-28-34-49-47-20-10-12-22-51(47)55(53(49)36-40)42-14-4-1-5-15-42/h1-37H. The van der Waals surface area contributed by atoms with Crippen molar-refractivity contribution in [2.45, 2.75) is 0 Å². The SMILES string of the molecule is O=P(c1ccccc1)(c1ccccc1)c1ccc(-c2ccc3c4ccccc4n(-c4ccc(-c5ccc6c7ccccc7n(-c7ccccc7)c6c5)cc4)c3c2)cc1. The largest absolute Gasteiger partial charge is 0.309 e. The van der Waals surface area contributed by atoms with Crippen LogP contribution in [0.4, 0.5) is 0 Å². The molecule has 11 aromatic rings. The number of fused-ring (bicyclic) bond motifs is 6. The van der Waals surface area contributed by atoms with Crippen LogP contribution < -0.4 is 15.9 Å². The van der Waals surface area contributed by atoms with Gasteiger partial charge in [0.1, 0.15) is 0 Å². The van der Waals surface area contributed by atoms with Gasteiger partial charge >= 0.3 is 0 Å². The minimum atomic E-state index is -3.06. The summed E-state index contributed by atoms with van der Waals surface area (Å²) in [7, 11) is -3.06. The van der Waals surface area contributed by atoms with Gasteiger partial charge in [-0.2, -0.15) is 0 Å². The van der Waals surface area contributed by atoms with E-state index in [1.807, 2.05) is 72.8 Å². The van der Waals surface area contributed by atoms with E-state index in [0.29, 0.717) is 0 Å². The van der Waals surface area contributed by atoms with Crippen LogP contribution in [0.1, 0.15) is 0 Å². The molecule has 11 rings (SSSR count). The average molecular weight is 761 g/mol. The number of benzene rings is 9. The van der Waals surface area contributed by atoms with Crippen molar-refractivity contribution in [3.8, 4) is 33.6 Å². The molecular formula is C54H37N2OP. The summed E-state index contributed by atoms with van der Waals surface area (Å²) in [5.74, 6) is 0. The van der Waals surface area contributed by atoms with Crippen molar-refractivity contribution in [1.82, 2.24) is 9.13 Å². The van der Waals surface area contributed by atoms with Gasteiger partial charge in [-0.25, -0.2) is 0 Å². The van der Waals surface area contributed by atoms with Gasteiger partial charge in [-0.3, -0.25) is 0 Å². The molecule has 0 atom stereocenters. The highest BCUT2D eigenvalue weighted by atomic mass is 31.2. The minimum Gasteiger partial charge on any atom is -0.309 e. The molecular weight excluding hydrogens is 724 g/mol. The average Bonchev–Trinajstić information content (AvgIpc) is 3.82. The van der Waals surface area contributed by atoms with Crippen LogP contribution in [-0.4, -0.2) is 9.13 Å². The molecule has 0 unspecified atom stereocenters. The fourth-order valence-electron chi connectivity index (χ4n) is 8.82. The monoisotopic (exact) mass is 760 g/mol. The van der Waals surface area contributed by atoms with Crippen LogP contribution in [-0.2, 0) is 4.57 Å². The van der Waals surface area contributed by atoms with E-state index in [4.69, 9.17) is 0 Å². The molecule has 0 saturated carbocycles. The Bertz CT molecular complexity index is 3290. The number of nitrogens with zero attached hydrogens (tertiary/aromatic N) is 2. The van der Waals surface area contributed by atoms with Crippen LogP contribution in [0.5, 0.6) is 0 Å². The van der Waals surface area contributed by atoms with Crippen molar-refractivity contribution in [3.05, 3.63) is 224 Å². The third-order valence-corrected chi connectivity index (χ3v) is 14.7. The normalized spacial score (nSPS) is 11.9. The maximum absolute atomic E-state index is 15.0. The highest BCUT2D eigenvalue weighted by Gasteiger charge is 2.29. The predicted molar refractivity (Wildman–Crippen MR) is 245 cm³/mol. The Morgan fingerprint density at radius 2 is 0.621 bits per heavy atom. The summed E-state index contributed by atoms with van der Waals surface area (Å²) < 4.78 is 19.8. The first-order valence-electron chi connectivity index (χ1n) is 19.7. The maximum atomic E-state index is 15.0. The highest BCUT2D eigenvalue weighted by Crippen LogP contribution is 2.43. The number of aromatic nitrogens is 2. The first-order chi connectivity index (χ1) is 28.6. The summed E-state index contributed by atoms with van der Waals surface area (Å²) in [6, 6.07) is 78.5. The molecule has 9 aromatic carbocycles. The molecule has 0 aliphatic rings. The Balaban J connectivity index is 0.989. The molecule has 4 heteroatoms. The maximum Gasteiger partial charge on any atom is 0.171 e. The first-order valence-corrected chi connectivity index (χ1v) is 21.4. The van der Waals surface area contributed by atoms with E-state index in [-0.39, 0.29) is 0 Å². The zero-order valence-corrected chi connectivity index (χ0v) is 32.5. The minimum absolute atomic E-state index is 0.824. The van der Waals surface area contributed by atoms with Crippen LogP contribution in [0.3, 0.4) is 0 Å². The van der Waals surface area contributed by atoms with Crippen LogP contribution in [0.2, 0.25) is 0 Å². The van der Waals surface area contributed by atoms with Gasteiger partial charge in [0.15, 0.2) is 7.14 Å². The molecule has 0 radical (unpaired) electrons. The Morgan fingerprint density at radius 3 is 1.10 bits per heavy atom. The number of rotatable bonds is 7. The van der Waals surface area contributed by atoms with Gasteiger partial charge < -0.3 is 13.7 Å². The molecule has 2 aromatic heterocycles. The predicted octanol–water partition coefficient (Wildman–Crippen LogP) is 12.9. The van der Waals surface area contributed by atoms with E-state index in [0.717, 1.165) is 43.9 Å². The lowest BCUT2D eigenvalue weighted by Crippen LogP contribution is -2.24. The lowest BCUT2D eigenvalue weighted by molar-refractivity contribution is 0.592. The van der Waals surface area contributed by atoms with Crippen molar-refractivity contribution in [2.75, 3.05) is 0 Å². The quantitative estimate of drug-likeness (QED) is 0.149. The fraction of sp³-hybridized carbons (Fsp3) is 0. The summed E-state index contributed by atoms with van der Waals surface area (Å²) in [6.45, 7) is 0. The van der Waals surface area contributed by atoms with E-state index < -0.39 is 7.14 Å². The van der Waals surface area contributed by atoms with Crippen molar-refractivity contribution in [2.24, 2.45) is 0 Å². The van der Waals surface area contributed by atoms with E-state index in [1.165, 1.54) is 49.2 Å². The Kier molecular flexibility index (Phi) is 8.10. The summed E-state index contributed by atoms with van der Waals surface area (Å²) in [6.07, 6.45) is 0. The Hall–Kier alpha value is -7.19. The summed E-state index contributed by atoms with van der Waals surface area (Å²) in [5.41, 5.74) is 11.5. The van der Waals surface area contributed by atoms with Crippen LogP contribution in [0, 0.1) is 0 Å². The molecule has 3 nitrogen and oxygen atoms in total. The smallest absolute Gasteiger partial charge is 0.171 e. The molecule has 274 valence electrons. The van der Waals surface area contributed by atoms with Crippen molar-refractivity contribution >= 4 is 66.7 Å². The van der Waals surface area contributed by atoms with E-state index in [2.05, 4.69) is 161 Å². The first kappa shape index (κ1) is 34.1. The molecule has 2 heterocycles. The summed E-state index contributed by atoms with van der Waals surface area (Å²) >= 11 is 0. The molecule has 0 spiro atoms. The summed E-state index contributed by atoms with van der Waals surface area (Å²) in [4.78, 5) is 0. The number of para-hydroxylation sites is 3. The highest BCUT2D eigenvalue weighted by molar-refractivity contribution is 7.85. The molecule has 0 N–H and O–H groups in total. The Morgan fingerprint density at radius 1 is 0.276 bits per heavy atom. The molecule has 0 aliphatic carbocycles. The van der Waals surface area contributed by atoms with Gasteiger partial charge in [0.2, 0.25) is 0 Å². The molecule has 0 aliphatic heterocycles. The van der Waals surface area contributed by atoms with Gasteiger partial charge in [0, 0.05) is 48.8 Å². The lowest BCUT2D eigenvalue weighted by Gasteiger charge is -2.20. The van der Waals surface area contributed by atoms with E-state index in [1.54, 1.807) is 0 Å². The molecule has 0 bridgehead atoms. The third kappa shape index (κ3) is 5.47. The zero-order valence-electron chi connectivity index (χ0n) is 31.6. The number of hydrogen-bond donors (Lipinski definition) is 0. The molecule has 58 heavy (non-hydrogen) atoms. The second kappa shape index (κ2) is 13.8. The van der Waals surface area contributed by atoms with Crippen LogP contribution in [0.25, 0.3) is 77.2 Å². The third-order valence-electron chi connectivity index (χ3n) is 11.6. The lowest BCUT2D eigenvalue weighted by atomic mass is 10.0. The van der Waals surface area contributed by atoms with E-state index in [9.17, 15) is 0 Å². The van der Waals surface area contributed by atoms with Gasteiger partial charge in [0.25, 0.3) is 0 Å². The Labute approximate surface area is 337 Å². The molecule has 0 amide bonds. The second-order valence-corrected chi connectivity index (χ2v) is 17.6. The van der Waals surface area contributed by atoms with Gasteiger partial charge in [-0.1, -0.05) is 176 Å². The topological polar surface area (TPSA) is 26.9 Å². The van der Waals surface area contributed by atoms with Crippen molar-refractivity contribution in [3.63, 3.8) is 0 Å². The summed E-state index contributed by atoms with van der Waals surface area (Å²) in [5, 5.41) is 7.42. The molecule has 0 fully saturated rings. The van der Waals surface area contributed by atoms with Gasteiger partial charge in [-0.15, -0.1) is 0 Å². The van der Waals surface area contributed by atoms with Crippen LogP contribution in [0.15, 0.2) is 224 Å². The fourth-order valence-corrected chi connectivity index (χ4v) is 11.5.